The maximum Gasteiger partial charge on any atom is 0.416 e. The zero-order chi connectivity index (χ0) is 13.9. The van der Waals surface area contributed by atoms with Crippen LogP contribution in [-0.2, 0) is 11.0 Å². The van der Waals surface area contributed by atoms with Gasteiger partial charge in [0.05, 0.1) is 16.8 Å². The second-order valence-electron chi connectivity index (χ2n) is 3.16. The van der Waals surface area contributed by atoms with E-state index in [4.69, 9.17) is 5.26 Å². The third kappa shape index (κ3) is 3.16. The molecule has 1 amide bonds. The molecule has 1 N–H and O–H groups in total. The van der Waals surface area contributed by atoms with Crippen LogP contribution in [0, 0.1) is 11.3 Å². The number of benzene rings is 1. The number of nitrogens with zero attached hydrogens (tertiary/aromatic N) is 1. The van der Waals surface area contributed by atoms with E-state index in [0.29, 0.717) is 12.1 Å². The summed E-state index contributed by atoms with van der Waals surface area (Å²) in [5, 5.41) is 10.3. The Morgan fingerprint density at radius 1 is 1.33 bits per heavy atom. The largest absolute Gasteiger partial charge is 0.416 e. The lowest BCUT2D eigenvalue weighted by molar-refractivity contribution is -0.137. The number of hydrogen-bond donors (Lipinski definition) is 1. The van der Waals surface area contributed by atoms with Gasteiger partial charge in [-0.05, 0) is 18.2 Å². The molecule has 0 atom stereocenters. The lowest BCUT2D eigenvalue weighted by Crippen LogP contribution is -2.21. The fourth-order valence-corrected chi connectivity index (χ4v) is 1.11. The van der Waals surface area contributed by atoms with E-state index in [1.165, 1.54) is 6.07 Å². The molecule has 1 aromatic rings. The summed E-state index contributed by atoms with van der Waals surface area (Å²) in [5.41, 5.74) is -2.04. The van der Waals surface area contributed by atoms with Crippen LogP contribution in [0.3, 0.4) is 0 Å². The van der Waals surface area contributed by atoms with Crippen LogP contribution in [-0.4, -0.2) is 12.3 Å². The molecule has 0 fully saturated rings. The highest BCUT2D eigenvalue weighted by Gasteiger charge is 2.31. The number of anilines is 1. The summed E-state index contributed by atoms with van der Waals surface area (Å²) in [4.78, 5) is 10.7. The number of rotatable bonds is 2. The van der Waals surface area contributed by atoms with Crippen molar-refractivity contribution in [3.05, 3.63) is 29.3 Å². The van der Waals surface area contributed by atoms with Crippen LogP contribution in [0.1, 0.15) is 11.1 Å². The molecule has 0 heterocycles. The molecule has 0 aliphatic heterocycles. The van der Waals surface area contributed by atoms with Gasteiger partial charge in [-0.1, -0.05) is 0 Å². The normalized spacial score (nSPS) is 11.2. The molecular formula is C10H5F5N2O. The van der Waals surface area contributed by atoms with Crippen molar-refractivity contribution in [2.24, 2.45) is 0 Å². The molecule has 1 rings (SSSR count). The summed E-state index contributed by atoms with van der Waals surface area (Å²) in [6.07, 6.45) is -7.98. The Morgan fingerprint density at radius 3 is 2.39 bits per heavy atom. The molecule has 0 saturated carbocycles. The van der Waals surface area contributed by atoms with E-state index in [-0.39, 0.29) is 0 Å². The molecule has 0 aliphatic rings. The lowest BCUT2D eigenvalue weighted by Gasteiger charge is -2.10. The molecule has 0 bridgehead atoms. The summed E-state index contributed by atoms with van der Waals surface area (Å²) in [6.45, 7) is 0. The molecule has 96 valence electrons. The first kappa shape index (κ1) is 13.9. The maximum absolute atomic E-state index is 12.3. The van der Waals surface area contributed by atoms with Gasteiger partial charge >= 0.3 is 12.6 Å². The van der Waals surface area contributed by atoms with Crippen LogP contribution >= 0.6 is 0 Å². The Hall–Kier alpha value is -2.17. The van der Waals surface area contributed by atoms with Gasteiger partial charge in [-0.15, -0.1) is 0 Å². The van der Waals surface area contributed by atoms with Crippen LogP contribution in [0.5, 0.6) is 0 Å². The highest BCUT2D eigenvalue weighted by Crippen LogP contribution is 2.31. The molecule has 18 heavy (non-hydrogen) atoms. The van der Waals surface area contributed by atoms with Crippen LogP contribution in [0.2, 0.25) is 0 Å². The Labute approximate surface area is 97.8 Å². The number of amides is 1. The van der Waals surface area contributed by atoms with E-state index >= 15 is 0 Å². The summed E-state index contributed by atoms with van der Waals surface area (Å²) < 4.78 is 60.8. The predicted molar refractivity (Wildman–Crippen MR) is 50.8 cm³/mol. The van der Waals surface area contributed by atoms with Gasteiger partial charge in [-0.25, -0.2) is 0 Å². The maximum atomic E-state index is 12.3. The van der Waals surface area contributed by atoms with Crippen molar-refractivity contribution >= 4 is 11.6 Å². The lowest BCUT2D eigenvalue weighted by atomic mass is 10.1. The number of carbonyl (C=O) groups is 1. The molecule has 3 nitrogen and oxygen atoms in total. The highest BCUT2D eigenvalue weighted by atomic mass is 19.4. The van der Waals surface area contributed by atoms with Crippen molar-refractivity contribution in [1.29, 1.82) is 5.26 Å². The molecular weight excluding hydrogens is 259 g/mol. The van der Waals surface area contributed by atoms with Gasteiger partial charge in [0.2, 0.25) is 0 Å². The van der Waals surface area contributed by atoms with Gasteiger partial charge in [0.25, 0.3) is 5.91 Å². The zero-order valence-electron chi connectivity index (χ0n) is 8.55. The molecule has 1 aromatic carbocycles. The van der Waals surface area contributed by atoms with Crippen LogP contribution < -0.4 is 5.32 Å². The van der Waals surface area contributed by atoms with Gasteiger partial charge < -0.3 is 5.32 Å². The number of nitriles is 1. The summed E-state index contributed by atoms with van der Waals surface area (Å²) in [7, 11) is 0. The average molecular weight is 264 g/mol. The van der Waals surface area contributed by atoms with Crippen molar-refractivity contribution in [2.75, 3.05) is 5.32 Å². The minimum absolute atomic E-state index is 0.393. The topological polar surface area (TPSA) is 52.9 Å². The van der Waals surface area contributed by atoms with E-state index in [1.807, 2.05) is 0 Å². The van der Waals surface area contributed by atoms with Crippen molar-refractivity contribution in [1.82, 2.24) is 0 Å². The summed E-state index contributed by atoms with van der Waals surface area (Å²) >= 11 is 0. The van der Waals surface area contributed by atoms with E-state index in [1.54, 1.807) is 5.32 Å². The SMILES string of the molecule is N#Cc1cc(C(F)(F)F)ccc1NC(=O)C(F)F. The Balaban J connectivity index is 3.10. The van der Waals surface area contributed by atoms with Crippen LogP contribution in [0.15, 0.2) is 18.2 Å². The Bertz CT molecular complexity index is 504. The fraction of sp³-hybridized carbons (Fsp3) is 0.200. The van der Waals surface area contributed by atoms with Gasteiger partial charge in [0.15, 0.2) is 0 Å². The van der Waals surface area contributed by atoms with Crippen molar-refractivity contribution in [2.45, 2.75) is 12.6 Å². The molecule has 0 aromatic heterocycles. The number of alkyl halides is 5. The van der Waals surface area contributed by atoms with Gasteiger partial charge in [0, 0.05) is 0 Å². The van der Waals surface area contributed by atoms with E-state index in [0.717, 1.165) is 6.07 Å². The Morgan fingerprint density at radius 2 is 1.94 bits per heavy atom. The van der Waals surface area contributed by atoms with Crippen molar-refractivity contribution < 1.29 is 26.7 Å². The monoisotopic (exact) mass is 264 g/mol. The zero-order valence-corrected chi connectivity index (χ0v) is 8.55. The quantitative estimate of drug-likeness (QED) is 0.835. The van der Waals surface area contributed by atoms with E-state index in [9.17, 15) is 26.7 Å². The van der Waals surface area contributed by atoms with Crippen molar-refractivity contribution in [3.8, 4) is 6.07 Å². The molecule has 0 aliphatic carbocycles. The Kier molecular flexibility index (Phi) is 3.86. The summed E-state index contributed by atoms with van der Waals surface area (Å²) in [5.74, 6) is -1.69. The number of hydrogen-bond acceptors (Lipinski definition) is 2. The molecule has 0 saturated heterocycles. The number of nitrogens with one attached hydrogen (secondary N) is 1. The average Bonchev–Trinajstić information content (AvgIpc) is 2.27. The fourth-order valence-electron chi connectivity index (χ4n) is 1.11. The molecule has 0 unspecified atom stereocenters. The van der Waals surface area contributed by atoms with Crippen LogP contribution in [0.25, 0.3) is 0 Å². The second-order valence-corrected chi connectivity index (χ2v) is 3.16. The first-order valence-electron chi connectivity index (χ1n) is 4.46. The van der Waals surface area contributed by atoms with Gasteiger partial charge in [0.1, 0.15) is 6.07 Å². The second kappa shape index (κ2) is 5.00. The smallest absolute Gasteiger partial charge is 0.320 e. The number of halogens is 5. The third-order valence-electron chi connectivity index (χ3n) is 1.92. The van der Waals surface area contributed by atoms with Gasteiger partial charge in [-0.2, -0.15) is 27.2 Å². The molecule has 0 spiro atoms. The minimum Gasteiger partial charge on any atom is -0.320 e. The third-order valence-corrected chi connectivity index (χ3v) is 1.92. The van der Waals surface area contributed by atoms with E-state index in [2.05, 4.69) is 0 Å². The summed E-state index contributed by atoms with van der Waals surface area (Å²) in [6, 6.07) is 3.20. The van der Waals surface area contributed by atoms with Gasteiger partial charge in [-0.3, -0.25) is 4.79 Å². The predicted octanol–water partition coefficient (Wildman–Crippen LogP) is 2.78. The first-order chi connectivity index (χ1) is 8.25. The number of carbonyl (C=O) groups excluding carboxylic acids is 1. The molecule has 0 radical (unpaired) electrons. The minimum atomic E-state index is -4.66. The van der Waals surface area contributed by atoms with Crippen molar-refractivity contribution in [3.63, 3.8) is 0 Å². The first-order valence-corrected chi connectivity index (χ1v) is 4.46. The standard InChI is InChI=1S/C10H5F5N2O/c11-8(12)9(18)17-7-2-1-6(10(13,14)15)3-5(7)4-16/h1-3,8H,(H,17,18). The van der Waals surface area contributed by atoms with E-state index < -0.39 is 35.3 Å². The highest BCUT2D eigenvalue weighted by molar-refractivity contribution is 5.94. The molecule has 8 heteroatoms. The van der Waals surface area contributed by atoms with Crippen LogP contribution in [0.4, 0.5) is 27.6 Å².